The molecule has 0 amide bonds. The number of aromatic nitrogens is 3. The molecule has 3 aromatic heterocycles. The van der Waals surface area contributed by atoms with Crippen molar-refractivity contribution < 1.29 is 22.9 Å². The molecule has 0 atom stereocenters. The van der Waals surface area contributed by atoms with Crippen molar-refractivity contribution in [2.24, 2.45) is 0 Å². The number of nitrogens with one attached hydrogen (secondary N) is 1. The van der Waals surface area contributed by atoms with E-state index in [0.717, 1.165) is 0 Å². The first-order chi connectivity index (χ1) is 12.7. The van der Waals surface area contributed by atoms with E-state index in [2.05, 4.69) is 15.4 Å². The summed E-state index contributed by atoms with van der Waals surface area (Å²) in [5, 5.41) is 10.5. The van der Waals surface area contributed by atoms with Crippen LogP contribution in [0.3, 0.4) is 0 Å². The summed E-state index contributed by atoms with van der Waals surface area (Å²) >= 11 is 0. The van der Waals surface area contributed by atoms with E-state index < -0.39 is 5.97 Å². The number of rotatable bonds is 5. The van der Waals surface area contributed by atoms with E-state index in [9.17, 15) is 9.18 Å². The van der Waals surface area contributed by atoms with Crippen molar-refractivity contribution in [3.63, 3.8) is 0 Å². The Kier molecular flexibility index (Phi) is 4.06. The highest BCUT2D eigenvalue weighted by Crippen LogP contribution is 2.21. The van der Waals surface area contributed by atoms with Gasteiger partial charge < -0.3 is 13.7 Å². The summed E-state index contributed by atoms with van der Waals surface area (Å²) in [4.78, 5) is 12.1. The maximum atomic E-state index is 13.0. The number of furan rings is 1. The van der Waals surface area contributed by atoms with Gasteiger partial charge in [0.15, 0.2) is 5.76 Å². The fourth-order valence-electron chi connectivity index (χ4n) is 2.33. The highest BCUT2D eigenvalue weighted by molar-refractivity contribution is 5.88. The van der Waals surface area contributed by atoms with Crippen molar-refractivity contribution in [1.29, 1.82) is 0 Å². The summed E-state index contributed by atoms with van der Waals surface area (Å²) in [5.74, 6) is 0.0487. The number of nitrogens with zero attached hydrogens (tertiary/aromatic N) is 2. The quantitative estimate of drug-likeness (QED) is 0.548. The fourth-order valence-corrected chi connectivity index (χ4v) is 2.33. The van der Waals surface area contributed by atoms with Crippen LogP contribution in [0.4, 0.5) is 4.39 Å². The fraction of sp³-hybridized carbons (Fsp3) is 0.0556. The molecule has 0 bridgehead atoms. The lowest BCUT2D eigenvalue weighted by Gasteiger charge is -1.99. The number of hydrogen-bond donors (Lipinski definition) is 1. The van der Waals surface area contributed by atoms with Crippen LogP contribution in [0.5, 0.6) is 0 Å². The Morgan fingerprint density at radius 1 is 1.15 bits per heavy atom. The zero-order valence-electron chi connectivity index (χ0n) is 13.3. The Hall–Kier alpha value is -3.68. The van der Waals surface area contributed by atoms with Crippen molar-refractivity contribution in [3.8, 4) is 22.8 Å². The Bertz CT molecular complexity index is 1020. The molecule has 0 aliphatic rings. The van der Waals surface area contributed by atoms with Crippen molar-refractivity contribution in [1.82, 2.24) is 15.4 Å². The number of carbonyl (C=O) groups is 1. The molecule has 0 aliphatic carbocycles. The van der Waals surface area contributed by atoms with Crippen LogP contribution in [-0.4, -0.2) is 21.3 Å². The molecular weight excluding hydrogens is 341 g/mol. The molecule has 26 heavy (non-hydrogen) atoms. The summed E-state index contributed by atoms with van der Waals surface area (Å²) in [7, 11) is 0. The van der Waals surface area contributed by atoms with Crippen LogP contribution in [0.15, 0.2) is 63.7 Å². The summed E-state index contributed by atoms with van der Waals surface area (Å²) in [6.45, 7) is -0.0616. The van der Waals surface area contributed by atoms with Gasteiger partial charge in [-0.3, -0.25) is 5.10 Å². The predicted octanol–water partition coefficient (Wildman–Crippen LogP) is 3.82. The number of aromatic amines is 1. The van der Waals surface area contributed by atoms with Gasteiger partial charge in [0, 0.05) is 11.6 Å². The third-order valence-corrected chi connectivity index (χ3v) is 3.61. The average molecular weight is 353 g/mol. The molecule has 4 aromatic rings. The van der Waals surface area contributed by atoms with E-state index >= 15 is 0 Å². The number of carbonyl (C=O) groups excluding carboxylic acids is 1. The minimum absolute atomic E-state index is 0.0616. The SMILES string of the molecule is O=C(OCc1cc(-c2ccco2)on1)c1cc(-c2ccc(F)cc2)n[nH]1. The Labute approximate surface area is 146 Å². The summed E-state index contributed by atoms with van der Waals surface area (Å²) in [5.41, 5.74) is 1.82. The number of halogens is 1. The number of H-pyrrole nitrogens is 1. The van der Waals surface area contributed by atoms with Gasteiger partial charge in [0.05, 0.1) is 12.0 Å². The van der Waals surface area contributed by atoms with Crippen LogP contribution in [0, 0.1) is 5.82 Å². The summed E-state index contributed by atoms with van der Waals surface area (Å²) < 4.78 is 28.5. The van der Waals surface area contributed by atoms with Crippen molar-refractivity contribution >= 4 is 5.97 Å². The van der Waals surface area contributed by atoms with Crippen LogP contribution in [-0.2, 0) is 11.3 Å². The van der Waals surface area contributed by atoms with Gasteiger partial charge in [-0.1, -0.05) is 5.16 Å². The van der Waals surface area contributed by atoms with Gasteiger partial charge in [-0.15, -0.1) is 0 Å². The number of esters is 1. The molecule has 0 aliphatic heterocycles. The van der Waals surface area contributed by atoms with E-state index in [-0.39, 0.29) is 18.1 Å². The van der Waals surface area contributed by atoms with Crippen LogP contribution in [0.2, 0.25) is 0 Å². The minimum Gasteiger partial charge on any atom is -0.461 e. The second-order valence-electron chi connectivity index (χ2n) is 5.41. The first-order valence-electron chi connectivity index (χ1n) is 7.67. The van der Waals surface area contributed by atoms with E-state index in [4.69, 9.17) is 13.7 Å². The highest BCUT2D eigenvalue weighted by Gasteiger charge is 2.15. The minimum atomic E-state index is -0.589. The standard InChI is InChI=1S/C18H12FN3O4/c19-12-5-3-11(4-6-12)14-9-15(21-20-14)18(23)25-10-13-8-17(26-22-13)16-2-1-7-24-16/h1-9H,10H2,(H,20,21). The van der Waals surface area contributed by atoms with E-state index in [1.807, 2.05) is 0 Å². The molecule has 7 nitrogen and oxygen atoms in total. The molecule has 0 spiro atoms. The highest BCUT2D eigenvalue weighted by atomic mass is 19.1. The monoisotopic (exact) mass is 353 g/mol. The molecule has 130 valence electrons. The maximum Gasteiger partial charge on any atom is 0.356 e. The lowest BCUT2D eigenvalue weighted by molar-refractivity contribution is 0.0457. The van der Waals surface area contributed by atoms with E-state index in [0.29, 0.717) is 28.5 Å². The summed E-state index contributed by atoms with van der Waals surface area (Å²) in [6, 6.07) is 12.4. The first-order valence-corrected chi connectivity index (χ1v) is 7.67. The van der Waals surface area contributed by atoms with Gasteiger partial charge >= 0.3 is 5.97 Å². The molecular formula is C18H12FN3O4. The molecule has 0 fully saturated rings. The normalized spacial score (nSPS) is 10.8. The number of ether oxygens (including phenoxy) is 1. The topological polar surface area (TPSA) is 94.2 Å². The lowest BCUT2D eigenvalue weighted by atomic mass is 10.1. The zero-order valence-corrected chi connectivity index (χ0v) is 13.3. The number of benzene rings is 1. The Morgan fingerprint density at radius 3 is 2.77 bits per heavy atom. The second-order valence-corrected chi connectivity index (χ2v) is 5.41. The molecule has 1 aromatic carbocycles. The molecule has 0 radical (unpaired) electrons. The third kappa shape index (κ3) is 3.25. The largest absolute Gasteiger partial charge is 0.461 e. The van der Waals surface area contributed by atoms with Gasteiger partial charge in [0.1, 0.15) is 23.8 Å². The van der Waals surface area contributed by atoms with Crippen molar-refractivity contribution in [3.05, 3.63) is 72.0 Å². The average Bonchev–Trinajstić information content (AvgIpc) is 3.41. The molecule has 0 saturated carbocycles. The first kappa shape index (κ1) is 15.8. The van der Waals surface area contributed by atoms with Crippen LogP contribution in [0.25, 0.3) is 22.8 Å². The molecule has 1 N–H and O–H groups in total. The molecule has 8 heteroatoms. The van der Waals surface area contributed by atoms with Crippen LogP contribution < -0.4 is 0 Å². The molecule has 3 heterocycles. The van der Waals surface area contributed by atoms with Gasteiger partial charge in [-0.2, -0.15) is 5.10 Å². The number of hydrogen-bond acceptors (Lipinski definition) is 6. The molecule has 0 saturated heterocycles. The van der Waals surface area contributed by atoms with Crippen molar-refractivity contribution in [2.75, 3.05) is 0 Å². The van der Waals surface area contributed by atoms with Gasteiger partial charge in [-0.05, 0) is 42.5 Å². The van der Waals surface area contributed by atoms with Gasteiger partial charge in [0.25, 0.3) is 0 Å². The molecule has 0 unspecified atom stereocenters. The van der Waals surface area contributed by atoms with Crippen molar-refractivity contribution in [2.45, 2.75) is 6.61 Å². The smallest absolute Gasteiger partial charge is 0.356 e. The van der Waals surface area contributed by atoms with Gasteiger partial charge in [0.2, 0.25) is 5.76 Å². The van der Waals surface area contributed by atoms with E-state index in [1.165, 1.54) is 24.5 Å². The van der Waals surface area contributed by atoms with Crippen LogP contribution in [0.1, 0.15) is 16.2 Å². The lowest BCUT2D eigenvalue weighted by Crippen LogP contribution is -2.05. The van der Waals surface area contributed by atoms with Crippen LogP contribution >= 0.6 is 0 Å². The summed E-state index contributed by atoms with van der Waals surface area (Å²) in [6.07, 6.45) is 1.52. The Balaban J connectivity index is 1.40. The predicted molar refractivity (Wildman–Crippen MR) is 87.3 cm³/mol. The maximum absolute atomic E-state index is 13.0. The zero-order chi connectivity index (χ0) is 17.9. The van der Waals surface area contributed by atoms with E-state index in [1.54, 1.807) is 30.3 Å². The van der Waals surface area contributed by atoms with Gasteiger partial charge in [-0.25, -0.2) is 9.18 Å². The third-order valence-electron chi connectivity index (χ3n) is 3.61. The molecule has 4 rings (SSSR count). The Morgan fingerprint density at radius 2 is 2.00 bits per heavy atom. The second kappa shape index (κ2) is 6.67.